The van der Waals surface area contributed by atoms with E-state index in [1.165, 1.54) is 6.07 Å². The van der Waals surface area contributed by atoms with Crippen LogP contribution >= 0.6 is 0 Å². The number of carbonyl (C=O) groups excluding carboxylic acids is 1. The number of hydrogen-bond acceptors (Lipinski definition) is 6. The number of amides is 1. The van der Waals surface area contributed by atoms with E-state index in [0.29, 0.717) is 49.3 Å². The largest absolute Gasteiger partial charge is 0.391 e. The van der Waals surface area contributed by atoms with E-state index in [4.69, 9.17) is 0 Å². The van der Waals surface area contributed by atoms with E-state index < -0.39 is 6.10 Å². The molecule has 2 N–H and O–H groups in total. The predicted octanol–water partition coefficient (Wildman–Crippen LogP) is 1.76. The number of nitrogens with zero attached hydrogens (tertiary/aromatic N) is 4. The Hall–Kier alpha value is -2.58. The number of nitrogens with one attached hydrogen (secondary N) is 1. The molecule has 30 heavy (non-hydrogen) atoms. The highest BCUT2D eigenvalue weighted by molar-refractivity contribution is 5.78. The van der Waals surface area contributed by atoms with Gasteiger partial charge >= 0.3 is 0 Å². The minimum Gasteiger partial charge on any atom is -0.391 e. The second-order valence-corrected chi connectivity index (χ2v) is 8.46. The summed E-state index contributed by atoms with van der Waals surface area (Å²) in [5, 5.41) is 13.9. The lowest BCUT2D eigenvalue weighted by atomic mass is 9.77. The molecule has 1 aliphatic carbocycles. The van der Waals surface area contributed by atoms with Crippen molar-refractivity contribution in [3.05, 3.63) is 54.2 Å². The lowest BCUT2D eigenvalue weighted by Crippen LogP contribution is -2.43. The van der Waals surface area contributed by atoms with Crippen LogP contribution in [0.4, 0.5) is 10.2 Å². The van der Waals surface area contributed by atoms with E-state index in [0.717, 1.165) is 6.42 Å². The van der Waals surface area contributed by atoms with Crippen molar-refractivity contribution in [1.82, 2.24) is 19.8 Å². The maximum atomic E-state index is 13.9. The van der Waals surface area contributed by atoms with Gasteiger partial charge in [-0.25, -0.2) is 9.37 Å². The summed E-state index contributed by atoms with van der Waals surface area (Å²) in [6.45, 7) is 2.01. The lowest BCUT2D eigenvalue weighted by molar-refractivity contribution is -0.131. The molecule has 0 radical (unpaired) electrons. The van der Waals surface area contributed by atoms with Gasteiger partial charge in [0, 0.05) is 37.6 Å². The molecule has 0 bridgehead atoms. The Morgan fingerprint density at radius 2 is 2.03 bits per heavy atom. The first-order chi connectivity index (χ1) is 14.5. The molecule has 0 spiro atoms. The smallest absolute Gasteiger partial charge is 0.236 e. The fourth-order valence-electron chi connectivity index (χ4n) is 4.66. The molecule has 7 nitrogen and oxygen atoms in total. The Morgan fingerprint density at radius 1 is 1.27 bits per heavy atom. The number of likely N-dealkylation sites (N-methyl/N-ethyl adjacent to an activating group) is 1. The molecule has 1 saturated heterocycles. The summed E-state index contributed by atoms with van der Waals surface area (Å²) in [4.78, 5) is 24.8. The normalized spacial score (nSPS) is 25.9. The van der Waals surface area contributed by atoms with E-state index in [-0.39, 0.29) is 24.3 Å². The number of anilines is 1. The number of aliphatic hydroxyl groups excluding tert-OH is 1. The third-order valence-corrected chi connectivity index (χ3v) is 6.19. The second-order valence-electron chi connectivity index (χ2n) is 8.46. The lowest BCUT2D eigenvalue weighted by Gasteiger charge is -2.35. The molecule has 4 rings (SSSR count). The van der Waals surface area contributed by atoms with Gasteiger partial charge in [0.1, 0.15) is 11.6 Å². The van der Waals surface area contributed by atoms with Crippen molar-refractivity contribution in [2.45, 2.75) is 31.5 Å². The average molecular weight is 413 g/mol. The molecular formula is C22H28FN5O2. The SMILES string of the molecule is CN(CC(=O)N1C[C@H]2C[C@@H](Nc3cnccn3)[C@H](O)C[C@H]2C1)Cc1ccccc1F. The van der Waals surface area contributed by atoms with Gasteiger partial charge in [0.25, 0.3) is 0 Å². The molecule has 2 heterocycles. The molecule has 2 fully saturated rings. The van der Waals surface area contributed by atoms with Crippen molar-refractivity contribution >= 4 is 11.7 Å². The van der Waals surface area contributed by atoms with Crippen LogP contribution < -0.4 is 5.32 Å². The fourth-order valence-corrected chi connectivity index (χ4v) is 4.66. The van der Waals surface area contributed by atoms with Crippen molar-refractivity contribution < 1.29 is 14.3 Å². The Labute approximate surface area is 175 Å². The molecule has 1 saturated carbocycles. The number of aromatic nitrogens is 2. The zero-order valence-electron chi connectivity index (χ0n) is 17.1. The van der Waals surface area contributed by atoms with E-state index in [2.05, 4.69) is 15.3 Å². The quantitative estimate of drug-likeness (QED) is 0.751. The summed E-state index contributed by atoms with van der Waals surface area (Å²) in [6.07, 6.45) is 5.85. The van der Waals surface area contributed by atoms with E-state index >= 15 is 0 Å². The van der Waals surface area contributed by atoms with Crippen LogP contribution in [0.25, 0.3) is 0 Å². The predicted molar refractivity (Wildman–Crippen MR) is 111 cm³/mol. The summed E-state index contributed by atoms with van der Waals surface area (Å²) in [7, 11) is 1.83. The van der Waals surface area contributed by atoms with Crippen LogP contribution in [0.1, 0.15) is 18.4 Å². The monoisotopic (exact) mass is 413 g/mol. The van der Waals surface area contributed by atoms with Gasteiger partial charge in [-0.2, -0.15) is 0 Å². The topological polar surface area (TPSA) is 81.6 Å². The second kappa shape index (κ2) is 9.06. The van der Waals surface area contributed by atoms with Crippen molar-refractivity contribution in [3.63, 3.8) is 0 Å². The third kappa shape index (κ3) is 4.76. The van der Waals surface area contributed by atoms with Crippen LogP contribution in [-0.2, 0) is 11.3 Å². The molecule has 2 aromatic rings. The van der Waals surface area contributed by atoms with Crippen LogP contribution in [0.15, 0.2) is 42.9 Å². The summed E-state index contributed by atoms with van der Waals surface area (Å²) in [5.74, 6) is 1.11. The number of carbonyl (C=O) groups is 1. The van der Waals surface area contributed by atoms with Crippen LogP contribution in [0.3, 0.4) is 0 Å². The fraction of sp³-hybridized carbons (Fsp3) is 0.500. The van der Waals surface area contributed by atoms with Gasteiger partial charge in [-0.1, -0.05) is 18.2 Å². The Balaban J connectivity index is 1.31. The van der Waals surface area contributed by atoms with Gasteiger partial charge in [-0.3, -0.25) is 14.7 Å². The number of fused-ring (bicyclic) bond motifs is 1. The molecule has 2 aliphatic rings. The highest BCUT2D eigenvalue weighted by Crippen LogP contribution is 2.37. The highest BCUT2D eigenvalue weighted by atomic mass is 19.1. The van der Waals surface area contributed by atoms with Gasteiger partial charge in [0.15, 0.2) is 0 Å². The molecule has 0 unspecified atom stereocenters. The van der Waals surface area contributed by atoms with Gasteiger partial charge < -0.3 is 15.3 Å². The number of benzene rings is 1. The van der Waals surface area contributed by atoms with E-state index in [9.17, 15) is 14.3 Å². The minimum absolute atomic E-state index is 0.0520. The van der Waals surface area contributed by atoms with E-state index in [1.54, 1.807) is 36.8 Å². The molecule has 1 aliphatic heterocycles. The van der Waals surface area contributed by atoms with Crippen LogP contribution in [-0.4, -0.2) is 69.6 Å². The summed E-state index contributed by atoms with van der Waals surface area (Å²) in [6, 6.07) is 6.55. The number of aliphatic hydroxyl groups is 1. The molecule has 4 atom stereocenters. The van der Waals surface area contributed by atoms with E-state index in [1.807, 2.05) is 16.8 Å². The number of likely N-dealkylation sites (tertiary alicyclic amines) is 1. The summed E-state index contributed by atoms with van der Waals surface area (Å²) >= 11 is 0. The Morgan fingerprint density at radius 3 is 2.77 bits per heavy atom. The van der Waals surface area contributed by atoms with Crippen molar-refractivity contribution in [3.8, 4) is 0 Å². The first-order valence-electron chi connectivity index (χ1n) is 10.4. The first kappa shape index (κ1) is 20.7. The highest BCUT2D eigenvalue weighted by Gasteiger charge is 2.43. The average Bonchev–Trinajstić information content (AvgIpc) is 3.14. The van der Waals surface area contributed by atoms with Crippen LogP contribution in [0.5, 0.6) is 0 Å². The molecule has 1 amide bonds. The van der Waals surface area contributed by atoms with Crippen LogP contribution in [0, 0.1) is 17.7 Å². The minimum atomic E-state index is -0.480. The molecular weight excluding hydrogens is 385 g/mol. The van der Waals surface area contributed by atoms with Crippen molar-refractivity contribution in [2.24, 2.45) is 11.8 Å². The molecule has 1 aromatic heterocycles. The van der Waals surface area contributed by atoms with Gasteiger partial charge in [-0.15, -0.1) is 0 Å². The summed E-state index contributed by atoms with van der Waals surface area (Å²) < 4.78 is 13.9. The zero-order chi connectivity index (χ0) is 21.1. The Kier molecular flexibility index (Phi) is 6.24. The number of halogens is 1. The standard InChI is InChI=1S/C22H28FN5O2/c1-27(11-15-4-2-3-5-18(15)23)14-22(30)28-12-16-8-19(20(29)9-17(16)13-28)26-21-10-24-6-7-25-21/h2-7,10,16-17,19-20,29H,8-9,11-14H2,1H3,(H,25,26)/t16-,17+,19-,20-/m1/s1. The first-order valence-corrected chi connectivity index (χ1v) is 10.4. The molecule has 1 aromatic carbocycles. The van der Waals surface area contributed by atoms with Crippen molar-refractivity contribution in [1.29, 1.82) is 0 Å². The maximum Gasteiger partial charge on any atom is 0.236 e. The molecule has 160 valence electrons. The number of hydrogen-bond donors (Lipinski definition) is 2. The molecule has 8 heteroatoms. The summed E-state index contributed by atoms with van der Waals surface area (Å²) in [5.41, 5.74) is 0.587. The van der Waals surface area contributed by atoms with Crippen molar-refractivity contribution in [2.75, 3.05) is 32.0 Å². The zero-order valence-corrected chi connectivity index (χ0v) is 17.1. The van der Waals surface area contributed by atoms with Gasteiger partial charge in [0.2, 0.25) is 5.91 Å². The van der Waals surface area contributed by atoms with Gasteiger partial charge in [-0.05, 0) is 37.8 Å². The number of rotatable bonds is 6. The van der Waals surface area contributed by atoms with Crippen LogP contribution in [0.2, 0.25) is 0 Å². The maximum absolute atomic E-state index is 13.9. The Bertz CT molecular complexity index is 868. The van der Waals surface area contributed by atoms with Gasteiger partial charge in [0.05, 0.1) is 24.9 Å². The third-order valence-electron chi connectivity index (χ3n) is 6.19.